The van der Waals surface area contributed by atoms with Crippen LogP contribution in [0.2, 0.25) is 0 Å². The highest BCUT2D eigenvalue weighted by Crippen LogP contribution is 2.35. The molecule has 1 fully saturated rings. The average molecular weight is 323 g/mol. The molecule has 1 aliphatic rings. The molecule has 4 nitrogen and oxygen atoms in total. The maximum atomic E-state index is 12.5. The van der Waals surface area contributed by atoms with Crippen LogP contribution in [-0.4, -0.2) is 32.3 Å². The maximum Gasteiger partial charge on any atom is 0.259 e. The highest BCUT2D eigenvalue weighted by Gasteiger charge is 2.49. The van der Waals surface area contributed by atoms with Gasteiger partial charge in [0.05, 0.1) is 13.2 Å². The molecular formula is C20H21NO3. The van der Waals surface area contributed by atoms with Crippen LogP contribution in [0.4, 0.5) is 5.69 Å². The van der Waals surface area contributed by atoms with E-state index in [4.69, 9.17) is 9.47 Å². The quantitative estimate of drug-likeness (QED) is 0.790. The smallest absolute Gasteiger partial charge is 0.259 e. The van der Waals surface area contributed by atoms with Gasteiger partial charge in [0.25, 0.3) is 5.91 Å². The Kier molecular flexibility index (Phi) is 4.67. The Labute approximate surface area is 142 Å². The van der Waals surface area contributed by atoms with Crippen molar-refractivity contribution in [1.82, 2.24) is 0 Å². The van der Waals surface area contributed by atoms with Gasteiger partial charge in [0.1, 0.15) is 5.75 Å². The van der Waals surface area contributed by atoms with E-state index in [9.17, 15) is 4.79 Å². The fraction of sp³-hybridized carbons (Fsp3) is 0.250. The molecule has 2 unspecified atom stereocenters. The Morgan fingerprint density at radius 2 is 1.71 bits per heavy atom. The van der Waals surface area contributed by atoms with Crippen LogP contribution in [0.15, 0.2) is 60.2 Å². The molecule has 2 aromatic carbocycles. The summed E-state index contributed by atoms with van der Waals surface area (Å²) >= 11 is 0. The van der Waals surface area contributed by atoms with Crippen LogP contribution >= 0.6 is 0 Å². The van der Waals surface area contributed by atoms with Gasteiger partial charge in [-0.25, -0.2) is 0 Å². The minimum absolute atomic E-state index is 0.0199. The molecule has 2 atom stereocenters. The number of carbonyl (C=O) groups excluding carboxylic acids is 1. The summed E-state index contributed by atoms with van der Waals surface area (Å²) in [6, 6.07) is 17.5. The molecule has 1 aliphatic heterocycles. The second-order valence-electron chi connectivity index (χ2n) is 5.81. The fourth-order valence-electron chi connectivity index (χ4n) is 3.06. The van der Waals surface area contributed by atoms with Crippen LogP contribution in [-0.2, 0) is 9.53 Å². The molecule has 124 valence electrons. The first kappa shape index (κ1) is 16.3. The lowest BCUT2D eigenvalue weighted by molar-refractivity contribution is -0.137. The number of hydrogen-bond acceptors (Lipinski definition) is 3. The van der Waals surface area contributed by atoms with Crippen molar-refractivity contribution in [3.63, 3.8) is 0 Å². The van der Waals surface area contributed by atoms with E-state index in [1.54, 1.807) is 19.1 Å². The zero-order chi connectivity index (χ0) is 17.1. The van der Waals surface area contributed by atoms with Crippen LogP contribution in [0, 0.1) is 0 Å². The summed E-state index contributed by atoms with van der Waals surface area (Å²) in [7, 11) is 3.21. The minimum atomic E-state index is -0.438. The first-order chi connectivity index (χ1) is 11.7. The number of anilines is 1. The molecule has 3 rings (SSSR count). The predicted octanol–water partition coefficient (Wildman–Crippen LogP) is 3.53. The summed E-state index contributed by atoms with van der Waals surface area (Å²) in [5.74, 6) is 0.747. The third kappa shape index (κ3) is 2.93. The summed E-state index contributed by atoms with van der Waals surface area (Å²) in [6.45, 7) is 2.03. The Bertz CT molecular complexity index is 737. The molecule has 2 aromatic rings. The molecule has 0 radical (unpaired) electrons. The second-order valence-corrected chi connectivity index (χ2v) is 5.81. The number of methoxy groups -OCH3 is 2. The van der Waals surface area contributed by atoms with Crippen molar-refractivity contribution < 1.29 is 14.3 Å². The Hall–Kier alpha value is -2.59. The second kappa shape index (κ2) is 6.89. The summed E-state index contributed by atoms with van der Waals surface area (Å²) in [5.41, 5.74) is 3.04. The topological polar surface area (TPSA) is 38.8 Å². The highest BCUT2D eigenvalue weighted by atomic mass is 16.5. The average Bonchev–Trinajstić information content (AvgIpc) is 2.61. The lowest BCUT2D eigenvalue weighted by Gasteiger charge is -2.46. The summed E-state index contributed by atoms with van der Waals surface area (Å²) in [6.07, 6.45) is 1.66. The van der Waals surface area contributed by atoms with Crippen molar-refractivity contribution in [3.8, 4) is 5.75 Å². The van der Waals surface area contributed by atoms with Gasteiger partial charge >= 0.3 is 0 Å². The van der Waals surface area contributed by atoms with E-state index in [2.05, 4.69) is 6.08 Å². The summed E-state index contributed by atoms with van der Waals surface area (Å²) in [5, 5.41) is 0. The van der Waals surface area contributed by atoms with Crippen LogP contribution in [0.3, 0.4) is 0 Å². The first-order valence-electron chi connectivity index (χ1n) is 7.89. The van der Waals surface area contributed by atoms with E-state index in [-0.39, 0.29) is 11.9 Å². The van der Waals surface area contributed by atoms with Crippen molar-refractivity contribution in [2.75, 3.05) is 19.1 Å². The molecule has 24 heavy (non-hydrogen) atoms. The molecule has 4 heteroatoms. The van der Waals surface area contributed by atoms with E-state index in [1.807, 2.05) is 61.5 Å². The number of carbonyl (C=O) groups is 1. The molecule has 0 aromatic heterocycles. The number of ether oxygens (including phenoxy) is 2. The standard InChI is InChI=1S/C20H21NO3/c1-14(13-15-7-5-4-6-8-15)18-19(24-3)20(22)21(18)16-9-11-17(23-2)12-10-16/h4-13,18-19H,1-3H3/b14-13+. The Morgan fingerprint density at radius 1 is 1.04 bits per heavy atom. The van der Waals surface area contributed by atoms with Gasteiger partial charge < -0.3 is 9.47 Å². The van der Waals surface area contributed by atoms with Crippen molar-refractivity contribution in [3.05, 3.63) is 65.7 Å². The van der Waals surface area contributed by atoms with Gasteiger partial charge in [0.15, 0.2) is 6.10 Å². The van der Waals surface area contributed by atoms with Crippen LogP contribution < -0.4 is 9.64 Å². The molecule has 0 bridgehead atoms. The van der Waals surface area contributed by atoms with Crippen LogP contribution in [0.5, 0.6) is 5.75 Å². The monoisotopic (exact) mass is 323 g/mol. The van der Waals surface area contributed by atoms with E-state index in [0.717, 1.165) is 22.6 Å². The maximum absolute atomic E-state index is 12.5. The van der Waals surface area contributed by atoms with E-state index in [0.29, 0.717) is 0 Å². The van der Waals surface area contributed by atoms with Gasteiger partial charge in [-0.15, -0.1) is 0 Å². The van der Waals surface area contributed by atoms with E-state index < -0.39 is 6.10 Å². The SMILES string of the molecule is COc1ccc(N2C(=O)C(OC)C2/C(C)=C/c2ccccc2)cc1. The number of nitrogens with zero attached hydrogens (tertiary/aromatic N) is 1. The van der Waals surface area contributed by atoms with Crippen LogP contribution in [0.1, 0.15) is 12.5 Å². The number of hydrogen-bond donors (Lipinski definition) is 0. The molecule has 1 saturated heterocycles. The first-order valence-corrected chi connectivity index (χ1v) is 7.89. The lowest BCUT2D eigenvalue weighted by atomic mass is 9.89. The Balaban J connectivity index is 1.90. The highest BCUT2D eigenvalue weighted by molar-refractivity contribution is 6.06. The fourth-order valence-corrected chi connectivity index (χ4v) is 3.06. The normalized spacial score (nSPS) is 20.7. The van der Waals surface area contributed by atoms with Crippen molar-refractivity contribution >= 4 is 17.7 Å². The van der Waals surface area contributed by atoms with Gasteiger partial charge in [-0.1, -0.05) is 36.4 Å². The van der Waals surface area contributed by atoms with E-state index in [1.165, 1.54) is 0 Å². The lowest BCUT2D eigenvalue weighted by Crippen LogP contribution is -2.66. The number of rotatable bonds is 5. The zero-order valence-electron chi connectivity index (χ0n) is 14.1. The number of benzene rings is 2. The molecule has 0 saturated carbocycles. The van der Waals surface area contributed by atoms with Crippen molar-refractivity contribution in [2.24, 2.45) is 0 Å². The Morgan fingerprint density at radius 3 is 2.29 bits per heavy atom. The molecule has 1 amide bonds. The largest absolute Gasteiger partial charge is 0.497 e. The van der Waals surface area contributed by atoms with E-state index >= 15 is 0 Å². The molecule has 0 spiro atoms. The number of amides is 1. The van der Waals surface area contributed by atoms with Crippen LogP contribution in [0.25, 0.3) is 6.08 Å². The van der Waals surface area contributed by atoms with Gasteiger partial charge in [-0.3, -0.25) is 9.69 Å². The third-order valence-corrected chi connectivity index (χ3v) is 4.31. The minimum Gasteiger partial charge on any atom is -0.497 e. The molecule has 1 heterocycles. The predicted molar refractivity (Wildman–Crippen MR) is 95.2 cm³/mol. The zero-order valence-corrected chi connectivity index (χ0v) is 14.1. The van der Waals surface area contributed by atoms with Crippen molar-refractivity contribution in [2.45, 2.75) is 19.1 Å². The van der Waals surface area contributed by atoms with Crippen molar-refractivity contribution in [1.29, 1.82) is 0 Å². The molecular weight excluding hydrogens is 302 g/mol. The van der Waals surface area contributed by atoms with Gasteiger partial charge in [0.2, 0.25) is 0 Å². The summed E-state index contributed by atoms with van der Waals surface area (Å²) < 4.78 is 10.6. The van der Waals surface area contributed by atoms with Gasteiger partial charge in [0, 0.05) is 12.8 Å². The van der Waals surface area contributed by atoms with Gasteiger partial charge in [-0.2, -0.15) is 0 Å². The molecule has 0 N–H and O–H groups in total. The van der Waals surface area contributed by atoms with Gasteiger partial charge in [-0.05, 0) is 42.3 Å². The number of β-lactam (4-membered cyclic amide) rings is 1. The summed E-state index contributed by atoms with van der Waals surface area (Å²) in [4.78, 5) is 14.2. The molecule has 0 aliphatic carbocycles. The third-order valence-electron chi connectivity index (χ3n) is 4.31.